The van der Waals surface area contributed by atoms with Gasteiger partial charge >= 0.3 is 5.97 Å². The maximum absolute atomic E-state index is 12.1. The van der Waals surface area contributed by atoms with Crippen LogP contribution in [0.1, 0.15) is 29.6 Å². The smallest absolute Gasteiger partial charge is 0.341 e. The van der Waals surface area contributed by atoms with Crippen LogP contribution in [0, 0.1) is 5.92 Å². The van der Waals surface area contributed by atoms with Gasteiger partial charge in [-0.2, -0.15) is 5.10 Å². The number of hydrogen-bond donors (Lipinski definition) is 2. The van der Waals surface area contributed by atoms with Crippen molar-refractivity contribution in [2.24, 2.45) is 5.92 Å². The van der Waals surface area contributed by atoms with Crippen molar-refractivity contribution >= 4 is 23.2 Å². The zero-order valence-corrected chi connectivity index (χ0v) is 13.3. The summed E-state index contributed by atoms with van der Waals surface area (Å²) in [5.74, 6) is -0.905. The number of amides is 1. The van der Waals surface area contributed by atoms with Gasteiger partial charge in [0.1, 0.15) is 5.56 Å². The summed E-state index contributed by atoms with van der Waals surface area (Å²) in [6, 6.07) is 9.19. The third-order valence-corrected chi connectivity index (χ3v) is 4.53. The molecule has 1 aromatic carbocycles. The van der Waals surface area contributed by atoms with E-state index in [1.165, 1.54) is 10.7 Å². The van der Waals surface area contributed by atoms with Gasteiger partial charge in [-0.15, -0.1) is 0 Å². The number of carboxylic acids is 1. The van der Waals surface area contributed by atoms with E-state index in [1.807, 2.05) is 24.3 Å². The van der Waals surface area contributed by atoms with Gasteiger partial charge in [-0.1, -0.05) is 18.6 Å². The number of rotatable bonds is 4. The van der Waals surface area contributed by atoms with Gasteiger partial charge in [0.15, 0.2) is 5.65 Å². The highest BCUT2D eigenvalue weighted by molar-refractivity contribution is 5.95. The largest absolute Gasteiger partial charge is 0.477 e. The Kier molecular flexibility index (Phi) is 3.68. The Morgan fingerprint density at radius 2 is 2.08 bits per heavy atom. The van der Waals surface area contributed by atoms with Crippen LogP contribution < -0.4 is 5.32 Å². The van der Waals surface area contributed by atoms with Crippen molar-refractivity contribution in [3.63, 3.8) is 0 Å². The molecule has 1 aliphatic carbocycles. The summed E-state index contributed by atoms with van der Waals surface area (Å²) >= 11 is 0. The first-order valence-electron chi connectivity index (χ1n) is 8.11. The molecule has 1 saturated carbocycles. The summed E-state index contributed by atoms with van der Waals surface area (Å²) in [7, 11) is 0. The normalized spacial score (nSPS) is 14.2. The van der Waals surface area contributed by atoms with E-state index in [-0.39, 0.29) is 23.0 Å². The number of nitrogens with zero attached hydrogens (tertiary/aromatic N) is 3. The van der Waals surface area contributed by atoms with E-state index in [1.54, 1.807) is 12.3 Å². The van der Waals surface area contributed by atoms with Gasteiger partial charge in [-0.3, -0.25) is 4.79 Å². The van der Waals surface area contributed by atoms with Crippen molar-refractivity contribution in [1.82, 2.24) is 14.6 Å². The Balaban J connectivity index is 1.70. The van der Waals surface area contributed by atoms with E-state index in [4.69, 9.17) is 0 Å². The van der Waals surface area contributed by atoms with Crippen LogP contribution in [0.5, 0.6) is 0 Å². The maximum atomic E-state index is 12.1. The number of aromatic nitrogens is 3. The Bertz CT molecular complexity index is 975. The molecule has 126 valence electrons. The van der Waals surface area contributed by atoms with E-state index in [2.05, 4.69) is 15.4 Å². The molecular weight excluding hydrogens is 320 g/mol. The average Bonchev–Trinajstić information content (AvgIpc) is 2.97. The molecule has 0 saturated heterocycles. The molecule has 0 aliphatic heterocycles. The lowest BCUT2D eigenvalue weighted by Gasteiger charge is -2.24. The number of aromatic carboxylic acids is 1. The first-order valence-corrected chi connectivity index (χ1v) is 8.11. The molecule has 7 nitrogen and oxygen atoms in total. The van der Waals surface area contributed by atoms with E-state index in [0.29, 0.717) is 11.4 Å². The van der Waals surface area contributed by atoms with E-state index < -0.39 is 5.97 Å². The van der Waals surface area contributed by atoms with Crippen molar-refractivity contribution in [3.8, 4) is 11.3 Å². The molecule has 1 aliphatic rings. The summed E-state index contributed by atoms with van der Waals surface area (Å²) in [6.45, 7) is 0. The Morgan fingerprint density at radius 1 is 1.24 bits per heavy atom. The quantitative estimate of drug-likeness (QED) is 0.763. The highest BCUT2D eigenvalue weighted by Crippen LogP contribution is 2.29. The third-order valence-electron chi connectivity index (χ3n) is 4.53. The van der Waals surface area contributed by atoms with Crippen LogP contribution in [-0.2, 0) is 4.79 Å². The van der Waals surface area contributed by atoms with Crippen molar-refractivity contribution in [2.75, 3.05) is 5.32 Å². The minimum absolute atomic E-state index is 0.0514. The SMILES string of the molecule is O=C(O)c1cnn2c(-c3cccc(NC(=O)C4CCC4)c3)ccnc12. The van der Waals surface area contributed by atoms with Gasteiger partial charge in [0.2, 0.25) is 5.91 Å². The third kappa shape index (κ3) is 2.73. The van der Waals surface area contributed by atoms with Crippen LogP contribution in [0.2, 0.25) is 0 Å². The summed E-state index contributed by atoms with van der Waals surface area (Å²) in [4.78, 5) is 27.5. The fourth-order valence-corrected chi connectivity index (χ4v) is 2.93. The van der Waals surface area contributed by atoms with Crippen LogP contribution in [0.4, 0.5) is 5.69 Å². The van der Waals surface area contributed by atoms with Crippen molar-refractivity contribution in [3.05, 3.63) is 48.3 Å². The Morgan fingerprint density at radius 3 is 2.80 bits per heavy atom. The second kappa shape index (κ2) is 6.01. The molecule has 2 heterocycles. The minimum Gasteiger partial charge on any atom is -0.477 e. The average molecular weight is 336 g/mol. The van der Waals surface area contributed by atoms with Gasteiger partial charge < -0.3 is 10.4 Å². The monoisotopic (exact) mass is 336 g/mol. The molecule has 25 heavy (non-hydrogen) atoms. The number of hydrogen-bond acceptors (Lipinski definition) is 4. The molecule has 2 N–H and O–H groups in total. The minimum atomic E-state index is -1.07. The van der Waals surface area contributed by atoms with Crippen LogP contribution >= 0.6 is 0 Å². The van der Waals surface area contributed by atoms with E-state index >= 15 is 0 Å². The zero-order valence-electron chi connectivity index (χ0n) is 13.3. The fourth-order valence-electron chi connectivity index (χ4n) is 2.93. The summed E-state index contributed by atoms with van der Waals surface area (Å²) in [5.41, 5.74) is 2.58. The molecule has 4 rings (SSSR count). The van der Waals surface area contributed by atoms with Crippen molar-refractivity contribution < 1.29 is 14.7 Å². The van der Waals surface area contributed by atoms with Crippen LogP contribution in [0.15, 0.2) is 42.7 Å². The lowest BCUT2D eigenvalue weighted by molar-refractivity contribution is -0.122. The van der Waals surface area contributed by atoms with Crippen LogP contribution in [0.3, 0.4) is 0 Å². The molecule has 0 radical (unpaired) electrons. The fraction of sp³-hybridized carbons (Fsp3) is 0.222. The zero-order chi connectivity index (χ0) is 17.4. The number of carbonyl (C=O) groups excluding carboxylic acids is 1. The lowest BCUT2D eigenvalue weighted by atomic mass is 9.85. The second-order valence-electron chi connectivity index (χ2n) is 6.13. The molecule has 7 heteroatoms. The molecule has 3 aromatic rings. The van der Waals surface area contributed by atoms with Gasteiger partial charge in [-0.05, 0) is 31.0 Å². The predicted molar refractivity (Wildman–Crippen MR) is 91.4 cm³/mol. The molecule has 0 atom stereocenters. The van der Waals surface area contributed by atoms with Crippen molar-refractivity contribution in [1.29, 1.82) is 0 Å². The predicted octanol–water partition coefficient (Wildman–Crippen LogP) is 2.83. The summed E-state index contributed by atoms with van der Waals surface area (Å²) < 4.78 is 1.50. The lowest BCUT2D eigenvalue weighted by Crippen LogP contribution is -2.27. The Hall–Kier alpha value is -3.22. The van der Waals surface area contributed by atoms with Crippen LogP contribution in [-0.4, -0.2) is 31.6 Å². The van der Waals surface area contributed by atoms with E-state index in [9.17, 15) is 14.7 Å². The van der Waals surface area contributed by atoms with Crippen molar-refractivity contribution in [2.45, 2.75) is 19.3 Å². The molecule has 1 fully saturated rings. The highest BCUT2D eigenvalue weighted by atomic mass is 16.4. The number of nitrogens with one attached hydrogen (secondary N) is 1. The topological polar surface area (TPSA) is 96.6 Å². The van der Waals surface area contributed by atoms with Gasteiger partial charge in [-0.25, -0.2) is 14.3 Å². The maximum Gasteiger partial charge on any atom is 0.341 e. The van der Waals surface area contributed by atoms with Gasteiger partial charge in [0, 0.05) is 23.4 Å². The standard InChI is InChI=1S/C18H16N4O3/c23-17(11-3-1-4-11)21-13-6-2-5-12(9-13)15-7-8-19-16-14(18(24)25)10-20-22(15)16/h2,5-11H,1,3-4H2,(H,21,23)(H,24,25). The molecular formula is C18H16N4O3. The van der Waals surface area contributed by atoms with Crippen LogP contribution in [0.25, 0.3) is 16.9 Å². The first-order chi connectivity index (χ1) is 12.1. The number of fused-ring (bicyclic) bond motifs is 1. The molecule has 1 amide bonds. The summed E-state index contributed by atoms with van der Waals surface area (Å²) in [6.07, 6.45) is 5.84. The highest BCUT2D eigenvalue weighted by Gasteiger charge is 2.25. The second-order valence-corrected chi connectivity index (χ2v) is 6.13. The first kappa shape index (κ1) is 15.3. The van der Waals surface area contributed by atoms with Gasteiger partial charge in [0.05, 0.1) is 11.9 Å². The molecule has 0 spiro atoms. The molecule has 0 bridgehead atoms. The number of carbonyl (C=O) groups is 2. The number of anilines is 1. The summed E-state index contributed by atoms with van der Waals surface area (Å²) in [5, 5.41) is 16.3. The number of carboxylic acid groups (broad SMARTS) is 1. The van der Waals surface area contributed by atoms with Gasteiger partial charge in [0.25, 0.3) is 0 Å². The Labute approximate surface area is 143 Å². The molecule has 0 unspecified atom stereocenters. The van der Waals surface area contributed by atoms with E-state index in [0.717, 1.165) is 24.8 Å². The number of benzene rings is 1. The molecule has 2 aromatic heterocycles.